The van der Waals surface area contributed by atoms with Crippen LogP contribution in [0.25, 0.3) is 0 Å². The highest BCUT2D eigenvalue weighted by Gasteiger charge is 2.65. The second-order valence-corrected chi connectivity index (χ2v) is 9.80. The molecule has 0 bridgehead atoms. The van der Waals surface area contributed by atoms with Crippen molar-refractivity contribution in [2.75, 3.05) is 0 Å². The molecule has 1 spiro atoms. The van der Waals surface area contributed by atoms with Gasteiger partial charge in [0.25, 0.3) is 0 Å². The second-order valence-electron chi connectivity index (χ2n) is 9.80. The summed E-state index contributed by atoms with van der Waals surface area (Å²) in [6.45, 7) is 4.77. The van der Waals surface area contributed by atoms with E-state index < -0.39 is 6.29 Å². The Bertz CT molecular complexity index is 679. The lowest BCUT2D eigenvalue weighted by Gasteiger charge is -2.58. The predicted octanol–water partition coefficient (Wildman–Crippen LogP) is 4.41. The van der Waals surface area contributed by atoms with Crippen molar-refractivity contribution >= 4 is 5.78 Å². The number of ketones is 1. The monoisotopic (exact) mass is 356 g/mol. The summed E-state index contributed by atoms with van der Waals surface area (Å²) in [4.78, 5) is 12.0. The number of rotatable bonds is 1. The summed E-state index contributed by atoms with van der Waals surface area (Å²) in [6, 6.07) is 0. The average molecular weight is 357 g/mol. The molecule has 1 N–H and O–H groups in total. The molecule has 3 saturated carbocycles. The van der Waals surface area contributed by atoms with Crippen LogP contribution in [-0.2, 0) is 9.53 Å². The van der Waals surface area contributed by atoms with Crippen LogP contribution in [0.4, 0.5) is 0 Å². The zero-order valence-corrected chi connectivity index (χ0v) is 16.1. The second kappa shape index (κ2) is 5.78. The number of hydrogen-bond acceptors (Lipinski definition) is 3. The van der Waals surface area contributed by atoms with E-state index in [-0.39, 0.29) is 11.0 Å². The van der Waals surface area contributed by atoms with Gasteiger partial charge in [0.05, 0.1) is 5.60 Å². The molecule has 4 aliphatic carbocycles. The largest absolute Gasteiger partial charge is 0.365 e. The van der Waals surface area contributed by atoms with Crippen LogP contribution in [-0.4, -0.2) is 22.8 Å². The molecule has 26 heavy (non-hydrogen) atoms. The molecule has 3 heteroatoms. The number of hydrogen-bond donors (Lipinski definition) is 1. The summed E-state index contributed by atoms with van der Waals surface area (Å²) in [5.41, 5.74) is 1.36. The number of aliphatic hydroxyl groups is 1. The van der Waals surface area contributed by atoms with Gasteiger partial charge in [-0.3, -0.25) is 4.79 Å². The van der Waals surface area contributed by atoms with Gasteiger partial charge >= 0.3 is 0 Å². The summed E-state index contributed by atoms with van der Waals surface area (Å²) in [7, 11) is 0. The molecule has 4 unspecified atom stereocenters. The normalized spacial score (nSPS) is 52.6. The molecule has 5 aliphatic rings. The van der Waals surface area contributed by atoms with Gasteiger partial charge in [0.1, 0.15) is 0 Å². The molecule has 0 amide bonds. The van der Waals surface area contributed by atoms with Crippen LogP contribution in [0.1, 0.15) is 65.2 Å². The first-order chi connectivity index (χ1) is 12.5. The third-order valence-corrected chi connectivity index (χ3v) is 9.04. The predicted molar refractivity (Wildman–Crippen MR) is 100 cm³/mol. The number of fused-ring (bicyclic) bond motifs is 6. The first kappa shape index (κ1) is 17.2. The van der Waals surface area contributed by atoms with E-state index in [1.807, 2.05) is 12.2 Å². The summed E-state index contributed by atoms with van der Waals surface area (Å²) in [6.07, 6.45) is 14.2. The smallest absolute Gasteiger partial charge is 0.175 e. The number of ether oxygens (including phenoxy) is 1. The van der Waals surface area contributed by atoms with Crippen molar-refractivity contribution in [3.05, 3.63) is 23.8 Å². The fourth-order valence-electron chi connectivity index (χ4n) is 7.83. The Morgan fingerprint density at radius 1 is 1.27 bits per heavy atom. The maximum Gasteiger partial charge on any atom is 0.175 e. The number of carbonyl (C=O) groups excluding carboxylic acids is 1. The number of aliphatic hydroxyl groups excluding tert-OH is 1. The van der Waals surface area contributed by atoms with Gasteiger partial charge < -0.3 is 9.84 Å². The molecule has 3 fully saturated rings. The first-order valence-electron chi connectivity index (χ1n) is 10.8. The van der Waals surface area contributed by atoms with E-state index in [0.717, 1.165) is 37.5 Å². The van der Waals surface area contributed by atoms with Crippen molar-refractivity contribution in [3.8, 4) is 0 Å². The highest BCUT2D eigenvalue weighted by molar-refractivity contribution is 5.91. The molecule has 1 aliphatic heterocycles. The average Bonchev–Trinajstić information content (AvgIpc) is 3.14. The van der Waals surface area contributed by atoms with E-state index in [0.29, 0.717) is 23.5 Å². The Morgan fingerprint density at radius 3 is 2.85 bits per heavy atom. The van der Waals surface area contributed by atoms with Gasteiger partial charge in [0.2, 0.25) is 0 Å². The molecule has 5 rings (SSSR count). The van der Waals surface area contributed by atoms with Crippen molar-refractivity contribution < 1.29 is 14.6 Å². The fourth-order valence-corrected chi connectivity index (χ4v) is 7.83. The van der Waals surface area contributed by atoms with Crippen molar-refractivity contribution in [2.45, 2.75) is 77.1 Å². The van der Waals surface area contributed by atoms with E-state index in [1.165, 1.54) is 31.3 Å². The Kier molecular flexibility index (Phi) is 3.82. The van der Waals surface area contributed by atoms with Gasteiger partial charge in [0, 0.05) is 11.8 Å². The first-order valence-corrected chi connectivity index (χ1v) is 10.8. The van der Waals surface area contributed by atoms with E-state index in [2.05, 4.69) is 19.9 Å². The highest BCUT2D eigenvalue weighted by Crippen LogP contribution is 2.68. The van der Waals surface area contributed by atoms with Gasteiger partial charge in [-0.2, -0.15) is 0 Å². The van der Waals surface area contributed by atoms with Crippen LogP contribution < -0.4 is 0 Å². The van der Waals surface area contributed by atoms with E-state index in [9.17, 15) is 9.90 Å². The molecule has 3 nitrogen and oxygen atoms in total. The molecular weight excluding hydrogens is 324 g/mol. The zero-order valence-electron chi connectivity index (χ0n) is 16.1. The lowest BCUT2D eigenvalue weighted by atomic mass is 9.48. The van der Waals surface area contributed by atoms with Crippen LogP contribution in [0.15, 0.2) is 23.8 Å². The highest BCUT2D eigenvalue weighted by atomic mass is 16.6. The Hall–Kier alpha value is -0.930. The Labute approximate surface area is 156 Å². The van der Waals surface area contributed by atoms with Gasteiger partial charge in [-0.05, 0) is 80.3 Å². The summed E-state index contributed by atoms with van der Waals surface area (Å²) < 4.78 is 6.14. The van der Waals surface area contributed by atoms with Crippen molar-refractivity contribution in [1.82, 2.24) is 0 Å². The molecular formula is C23H32O3. The standard InChI is InChI=1S/C23H32O3/c1-3-14-12-15-13-16(24)4-5-17(15)18-6-9-22(2)19(21(14)18)7-10-23(22)11-8-20(25)26-23/h8,11,13-14,17-21,25H,3-7,9-10,12H2,1-2H3/t14-,17+,18?,19?,20?,21?,22+,23-/m1/s1. The van der Waals surface area contributed by atoms with Gasteiger partial charge in [-0.1, -0.05) is 31.9 Å². The van der Waals surface area contributed by atoms with Gasteiger partial charge in [-0.25, -0.2) is 0 Å². The Balaban J connectivity index is 1.51. The minimum absolute atomic E-state index is 0.140. The van der Waals surface area contributed by atoms with Crippen molar-refractivity contribution in [3.63, 3.8) is 0 Å². The zero-order chi connectivity index (χ0) is 18.1. The topological polar surface area (TPSA) is 46.5 Å². The van der Waals surface area contributed by atoms with Crippen LogP contribution in [0.5, 0.6) is 0 Å². The van der Waals surface area contributed by atoms with Gasteiger partial charge in [-0.15, -0.1) is 0 Å². The molecule has 0 aromatic rings. The third kappa shape index (κ3) is 2.16. The maximum atomic E-state index is 12.0. The van der Waals surface area contributed by atoms with Crippen LogP contribution in [0, 0.1) is 35.0 Å². The molecule has 0 radical (unpaired) electrons. The lowest BCUT2D eigenvalue weighted by Crippen LogP contribution is -2.54. The van der Waals surface area contributed by atoms with E-state index in [4.69, 9.17) is 4.74 Å². The number of allylic oxidation sites excluding steroid dienone is 1. The molecule has 142 valence electrons. The van der Waals surface area contributed by atoms with E-state index in [1.54, 1.807) is 0 Å². The van der Waals surface area contributed by atoms with E-state index >= 15 is 0 Å². The minimum Gasteiger partial charge on any atom is -0.365 e. The number of carbonyl (C=O) groups is 1. The minimum atomic E-state index is -0.726. The van der Waals surface area contributed by atoms with Crippen molar-refractivity contribution in [2.24, 2.45) is 35.0 Å². The van der Waals surface area contributed by atoms with Crippen LogP contribution in [0.3, 0.4) is 0 Å². The maximum absolute atomic E-state index is 12.0. The molecule has 8 atom stereocenters. The fraction of sp³-hybridized carbons (Fsp3) is 0.783. The SMILES string of the molecule is CC[C@@H]1CC2=CC(=O)CC[C@@H]2C2CC[C@@]3(C)C(CC[C@@]34C=CC(O)O4)C21. The van der Waals surface area contributed by atoms with Crippen LogP contribution >= 0.6 is 0 Å². The summed E-state index contributed by atoms with van der Waals surface area (Å²) in [5, 5.41) is 10.0. The molecule has 1 heterocycles. The lowest BCUT2D eigenvalue weighted by molar-refractivity contribution is -0.184. The van der Waals surface area contributed by atoms with Gasteiger partial charge in [0.15, 0.2) is 12.1 Å². The summed E-state index contributed by atoms with van der Waals surface area (Å²) in [5.74, 6) is 3.87. The Morgan fingerprint density at radius 2 is 2.12 bits per heavy atom. The van der Waals surface area contributed by atoms with Crippen molar-refractivity contribution in [1.29, 1.82) is 0 Å². The summed E-state index contributed by atoms with van der Waals surface area (Å²) >= 11 is 0. The molecule has 0 saturated heterocycles. The molecule has 0 aromatic heterocycles. The quantitative estimate of drug-likeness (QED) is 0.708. The third-order valence-electron chi connectivity index (χ3n) is 9.04. The van der Waals surface area contributed by atoms with Crippen LogP contribution in [0.2, 0.25) is 0 Å². The molecule has 0 aromatic carbocycles.